The maximum Gasteiger partial charge on any atom is 0.253 e. The Morgan fingerprint density at radius 3 is 2.45 bits per heavy atom. The second kappa shape index (κ2) is 5.09. The van der Waals surface area contributed by atoms with E-state index >= 15 is 0 Å². The van der Waals surface area contributed by atoms with Gasteiger partial charge in [0.2, 0.25) is 0 Å². The van der Waals surface area contributed by atoms with Gasteiger partial charge in [-0.15, -0.1) is 11.3 Å². The van der Waals surface area contributed by atoms with Crippen molar-refractivity contribution in [1.29, 1.82) is 0 Å². The Kier molecular flexibility index (Phi) is 3.77. The van der Waals surface area contributed by atoms with E-state index in [1.54, 1.807) is 0 Å². The van der Waals surface area contributed by atoms with Gasteiger partial charge in [-0.1, -0.05) is 20.8 Å². The molecule has 6 heteroatoms. The minimum Gasteiger partial charge on any atom is -0.397 e. The molecule has 5 nitrogen and oxygen atoms in total. The van der Waals surface area contributed by atoms with Gasteiger partial charge < -0.3 is 16.8 Å². The molecule has 0 radical (unpaired) electrons. The molecule has 0 saturated heterocycles. The number of carbonyl (C=O) groups is 2. The zero-order valence-corrected chi connectivity index (χ0v) is 12.9. The lowest BCUT2D eigenvalue weighted by molar-refractivity contribution is 0.0944. The molecule has 110 valence electrons. The molecule has 20 heavy (non-hydrogen) atoms. The van der Waals surface area contributed by atoms with Gasteiger partial charge in [-0.25, -0.2) is 0 Å². The first-order chi connectivity index (χ1) is 9.25. The summed E-state index contributed by atoms with van der Waals surface area (Å²) < 4.78 is 0. The topological polar surface area (TPSA) is 98.2 Å². The number of thiophene rings is 1. The Morgan fingerprint density at radius 1 is 1.40 bits per heavy atom. The summed E-state index contributed by atoms with van der Waals surface area (Å²) in [6.07, 6.45) is 2.34. The van der Waals surface area contributed by atoms with Crippen LogP contribution in [0.5, 0.6) is 0 Å². The summed E-state index contributed by atoms with van der Waals surface area (Å²) in [6, 6.07) is 0. The molecule has 0 spiro atoms. The normalized spacial score (nSPS) is 16.2. The Balaban J connectivity index is 2.32. The highest BCUT2D eigenvalue weighted by Gasteiger charge is 2.37. The minimum absolute atomic E-state index is 0.0549. The highest BCUT2D eigenvalue weighted by Crippen LogP contribution is 2.46. The van der Waals surface area contributed by atoms with Gasteiger partial charge in [0, 0.05) is 12.5 Å². The van der Waals surface area contributed by atoms with Crippen molar-refractivity contribution in [2.45, 2.75) is 33.6 Å². The van der Waals surface area contributed by atoms with Gasteiger partial charge in [0.25, 0.3) is 5.91 Å². The number of Topliss-reactive ketones (excluding diaryl/α,β-unsaturated/α-hetero) is 1. The summed E-state index contributed by atoms with van der Waals surface area (Å²) in [5.74, 6) is -0.809. The fourth-order valence-electron chi connectivity index (χ4n) is 1.94. The Morgan fingerprint density at radius 2 is 2.00 bits per heavy atom. The first-order valence-electron chi connectivity index (χ1n) is 6.75. The quantitative estimate of drug-likeness (QED) is 0.702. The van der Waals surface area contributed by atoms with Crippen molar-refractivity contribution < 1.29 is 9.59 Å². The van der Waals surface area contributed by atoms with Crippen molar-refractivity contribution in [2.75, 3.05) is 17.6 Å². The fourth-order valence-corrected chi connectivity index (χ4v) is 3.15. The lowest BCUT2D eigenvalue weighted by Crippen LogP contribution is -2.17. The third-order valence-electron chi connectivity index (χ3n) is 3.72. The molecule has 1 aliphatic carbocycles. The van der Waals surface area contributed by atoms with E-state index in [2.05, 4.69) is 12.2 Å². The van der Waals surface area contributed by atoms with Gasteiger partial charge in [0.15, 0.2) is 5.78 Å². The van der Waals surface area contributed by atoms with Gasteiger partial charge in [-0.05, 0) is 18.3 Å². The molecule has 1 aromatic rings. The molecule has 2 rings (SSSR count). The highest BCUT2D eigenvalue weighted by atomic mass is 32.1. The van der Waals surface area contributed by atoms with Crippen molar-refractivity contribution in [3.05, 3.63) is 10.4 Å². The summed E-state index contributed by atoms with van der Waals surface area (Å²) in [6.45, 7) is 6.57. The van der Waals surface area contributed by atoms with Crippen molar-refractivity contribution in [1.82, 2.24) is 0 Å². The lowest BCUT2D eigenvalue weighted by atomic mass is 10.1. The average Bonchev–Trinajstić information content (AvgIpc) is 2.99. The molecule has 1 saturated carbocycles. The number of carbonyl (C=O) groups excluding carboxylic acids is 2. The molecule has 1 heterocycles. The standard InChI is InChI=1S/C14H21N3O2S/c1-7(2)10(18)11-9(15)8(12(16)19)13(20-11)17-6-14(3)4-5-14/h7,17H,4-6,15H2,1-3H3,(H2,16,19). The van der Waals surface area contributed by atoms with Crippen molar-refractivity contribution in [2.24, 2.45) is 17.1 Å². The van der Waals surface area contributed by atoms with Gasteiger partial charge in [0.1, 0.15) is 5.00 Å². The number of hydrogen-bond acceptors (Lipinski definition) is 5. The molecule has 1 fully saturated rings. The maximum absolute atomic E-state index is 12.1. The second-order valence-corrected chi connectivity index (χ2v) is 7.12. The SMILES string of the molecule is CC(C)C(=O)c1sc(NCC2(C)CC2)c(C(N)=O)c1N. The summed E-state index contributed by atoms with van der Waals surface area (Å²) in [4.78, 5) is 24.1. The Labute approximate surface area is 122 Å². The predicted molar refractivity (Wildman–Crippen MR) is 82.2 cm³/mol. The molecule has 1 aromatic heterocycles. The van der Waals surface area contributed by atoms with Crippen LogP contribution in [0.4, 0.5) is 10.7 Å². The molecule has 0 aliphatic heterocycles. The van der Waals surface area contributed by atoms with Gasteiger partial charge in [0.05, 0.1) is 16.1 Å². The lowest BCUT2D eigenvalue weighted by Gasteiger charge is -2.10. The number of rotatable bonds is 6. The van der Waals surface area contributed by atoms with Crippen LogP contribution in [0.3, 0.4) is 0 Å². The van der Waals surface area contributed by atoms with E-state index in [0.29, 0.717) is 9.88 Å². The number of primary amides is 1. The zero-order chi connectivity index (χ0) is 15.1. The molecule has 0 aromatic carbocycles. The van der Waals surface area contributed by atoms with Crippen LogP contribution >= 0.6 is 11.3 Å². The van der Waals surface area contributed by atoms with Gasteiger partial charge in [-0.2, -0.15) is 0 Å². The van der Waals surface area contributed by atoms with Crippen LogP contribution in [-0.4, -0.2) is 18.2 Å². The third kappa shape index (κ3) is 2.80. The molecule has 1 aliphatic rings. The van der Waals surface area contributed by atoms with E-state index in [0.717, 1.165) is 6.54 Å². The van der Waals surface area contributed by atoms with E-state index in [9.17, 15) is 9.59 Å². The summed E-state index contributed by atoms with van der Waals surface area (Å²) >= 11 is 1.23. The first-order valence-corrected chi connectivity index (χ1v) is 7.57. The smallest absolute Gasteiger partial charge is 0.253 e. The van der Waals surface area contributed by atoms with E-state index in [-0.39, 0.29) is 28.4 Å². The van der Waals surface area contributed by atoms with E-state index in [1.165, 1.54) is 24.2 Å². The number of amides is 1. The molecule has 0 atom stereocenters. The Bertz CT molecular complexity index is 559. The van der Waals surface area contributed by atoms with E-state index in [4.69, 9.17) is 11.5 Å². The molecular weight excluding hydrogens is 274 g/mol. The molecule has 1 amide bonds. The monoisotopic (exact) mass is 295 g/mol. The van der Waals surface area contributed by atoms with Crippen LogP contribution in [0.2, 0.25) is 0 Å². The zero-order valence-electron chi connectivity index (χ0n) is 12.1. The van der Waals surface area contributed by atoms with Gasteiger partial charge >= 0.3 is 0 Å². The maximum atomic E-state index is 12.1. The van der Waals surface area contributed by atoms with Crippen LogP contribution in [0.25, 0.3) is 0 Å². The van der Waals surface area contributed by atoms with Crippen LogP contribution in [0.15, 0.2) is 0 Å². The molecule has 0 unspecified atom stereocenters. The second-order valence-electron chi connectivity index (χ2n) is 6.10. The Hall–Kier alpha value is -1.56. The summed E-state index contributed by atoms with van der Waals surface area (Å²) in [5.41, 5.74) is 12.1. The van der Waals surface area contributed by atoms with Crippen LogP contribution in [-0.2, 0) is 0 Å². The number of nitrogens with two attached hydrogens (primary N) is 2. The van der Waals surface area contributed by atoms with E-state index < -0.39 is 5.91 Å². The summed E-state index contributed by atoms with van der Waals surface area (Å²) in [7, 11) is 0. The molecular formula is C14H21N3O2S. The largest absolute Gasteiger partial charge is 0.397 e. The van der Waals surface area contributed by atoms with Crippen LogP contribution in [0, 0.1) is 11.3 Å². The average molecular weight is 295 g/mol. The number of ketones is 1. The highest BCUT2D eigenvalue weighted by molar-refractivity contribution is 7.19. The van der Waals surface area contributed by atoms with Crippen molar-refractivity contribution in [3.63, 3.8) is 0 Å². The predicted octanol–water partition coefficient (Wildman–Crippen LogP) is 2.48. The molecule has 0 bridgehead atoms. The summed E-state index contributed by atoms with van der Waals surface area (Å²) in [5, 5.41) is 3.86. The number of hydrogen-bond donors (Lipinski definition) is 3. The van der Waals surface area contributed by atoms with E-state index in [1.807, 2.05) is 13.8 Å². The van der Waals surface area contributed by atoms with Crippen molar-refractivity contribution in [3.8, 4) is 0 Å². The molecule has 5 N–H and O–H groups in total. The van der Waals surface area contributed by atoms with Crippen LogP contribution in [0.1, 0.15) is 53.6 Å². The number of nitrogen functional groups attached to an aromatic ring is 1. The van der Waals surface area contributed by atoms with Gasteiger partial charge in [-0.3, -0.25) is 9.59 Å². The van der Waals surface area contributed by atoms with Crippen molar-refractivity contribution >= 4 is 33.7 Å². The number of anilines is 2. The first kappa shape index (κ1) is 14.8. The third-order valence-corrected chi connectivity index (χ3v) is 4.90. The number of nitrogens with one attached hydrogen (secondary N) is 1. The fraction of sp³-hybridized carbons (Fsp3) is 0.571. The minimum atomic E-state index is -0.593. The van der Waals surface area contributed by atoms with Crippen LogP contribution < -0.4 is 16.8 Å².